The van der Waals surface area contributed by atoms with Crippen molar-refractivity contribution in [1.29, 1.82) is 0 Å². The highest BCUT2D eigenvalue weighted by Crippen LogP contribution is 2.26. The molecule has 0 spiro atoms. The smallest absolute Gasteiger partial charge is 0.410 e. The van der Waals surface area contributed by atoms with Crippen LogP contribution >= 0.6 is 0 Å². The zero-order chi connectivity index (χ0) is 25.3. The molecule has 0 saturated heterocycles. The Balaban J connectivity index is 1.72. The van der Waals surface area contributed by atoms with Gasteiger partial charge in [0.2, 0.25) is 0 Å². The number of hydrogen-bond donors (Lipinski definition) is 2. The number of benzene rings is 2. The number of nitrogens with one attached hydrogen (secondary N) is 1. The average Bonchev–Trinajstić information content (AvgIpc) is 2.71. The molecular formula is C23H24F2N2O6S. The first kappa shape index (κ1) is 25.2. The van der Waals surface area contributed by atoms with E-state index in [1.165, 1.54) is 12.1 Å². The lowest BCUT2D eigenvalue weighted by molar-refractivity contribution is 0.0270. The van der Waals surface area contributed by atoms with Crippen molar-refractivity contribution in [3.05, 3.63) is 65.2 Å². The molecule has 0 unspecified atom stereocenters. The summed E-state index contributed by atoms with van der Waals surface area (Å²) in [7, 11) is -4.18. The van der Waals surface area contributed by atoms with Crippen LogP contribution < -0.4 is 4.72 Å². The first-order chi connectivity index (χ1) is 15.8. The summed E-state index contributed by atoms with van der Waals surface area (Å²) in [4.78, 5) is 24.5. The molecule has 11 heteroatoms. The molecule has 1 amide bonds. The minimum absolute atomic E-state index is 0.147. The van der Waals surface area contributed by atoms with Gasteiger partial charge in [-0.05, 0) is 62.6 Å². The van der Waals surface area contributed by atoms with E-state index < -0.39 is 50.6 Å². The topological polar surface area (TPSA) is 113 Å². The van der Waals surface area contributed by atoms with Crippen LogP contribution in [0.2, 0.25) is 0 Å². The highest BCUT2D eigenvalue weighted by molar-refractivity contribution is 7.92. The lowest BCUT2D eigenvalue weighted by atomic mass is 10.00. The minimum Gasteiger partial charge on any atom is -0.477 e. The van der Waals surface area contributed by atoms with Gasteiger partial charge in [0.1, 0.15) is 22.8 Å². The van der Waals surface area contributed by atoms with Gasteiger partial charge in [0.25, 0.3) is 10.0 Å². The molecule has 8 nitrogen and oxygen atoms in total. The number of sulfonamides is 1. The Morgan fingerprint density at radius 3 is 2.15 bits per heavy atom. The number of carbonyl (C=O) groups is 2. The van der Waals surface area contributed by atoms with Gasteiger partial charge < -0.3 is 14.7 Å². The fraction of sp³-hybridized carbons (Fsp3) is 0.304. The van der Waals surface area contributed by atoms with Crippen molar-refractivity contribution in [1.82, 2.24) is 4.90 Å². The SMILES string of the molecule is CC(C)(C)OC(=O)N1CC=C(c2ccc(S(=O)(=O)Nc3cc(F)c(C(=O)O)c(F)c3)cc2)CC1. The molecule has 1 aliphatic rings. The molecule has 2 aromatic rings. The van der Waals surface area contributed by atoms with Crippen molar-refractivity contribution < 1.29 is 36.6 Å². The summed E-state index contributed by atoms with van der Waals surface area (Å²) in [5.41, 5.74) is -0.498. The maximum atomic E-state index is 13.9. The van der Waals surface area contributed by atoms with E-state index >= 15 is 0 Å². The van der Waals surface area contributed by atoms with Crippen LogP contribution in [0.25, 0.3) is 5.57 Å². The second-order valence-electron chi connectivity index (χ2n) is 8.66. The second kappa shape index (κ2) is 9.41. The number of hydrogen-bond acceptors (Lipinski definition) is 5. The normalized spacial score (nSPS) is 14.4. The third-order valence-corrected chi connectivity index (χ3v) is 6.30. The predicted octanol–water partition coefficient (Wildman–Crippen LogP) is 4.49. The maximum Gasteiger partial charge on any atom is 0.410 e. The molecule has 0 aliphatic carbocycles. The fourth-order valence-electron chi connectivity index (χ4n) is 3.32. The zero-order valence-electron chi connectivity index (χ0n) is 18.8. The Bertz CT molecular complexity index is 1230. The number of ether oxygens (including phenoxy) is 1. The third-order valence-electron chi connectivity index (χ3n) is 4.90. The molecule has 182 valence electrons. The van der Waals surface area contributed by atoms with Gasteiger partial charge >= 0.3 is 12.1 Å². The molecule has 3 rings (SSSR count). The summed E-state index contributed by atoms with van der Waals surface area (Å²) in [5.74, 6) is -4.60. The van der Waals surface area contributed by atoms with Crippen LogP contribution in [0.4, 0.5) is 19.3 Å². The molecule has 0 radical (unpaired) electrons. The summed E-state index contributed by atoms with van der Waals surface area (Å²) >= 11 is 0. The van der Waals surface area contributed by atoms with E-state index in [0.29, 0.717) is 31.6 Å². The van der Waals surface area contributed by atoms with Gasteiger partial charge in [-0.15, -0.1) is 0 Å². The molecule has 0 aromatic heterocycles. The van der Waals surface area contributed by atoms with Crippen LogP contribution in [0.1, 0.15) is 43.1 Å². The van der Waals surface area contributed by atoms with Crippen LogP contribution in [-0.2, 0) is 14.8 Å². The van der Waals surface area contributed by atoms with E-state index in [1.807, 2.05) is 10.8 Å². The summed E-state index contributed by atoms with van der Waals surface area (Å²) in [6, 6.07) is 7.08. The van der Waals surface area contributed by atoms with Crippen LogP contribution in [-0.4, -0.2) is 49.2 Å². The van der Waals surface area contributed by atoms with Crippen LogP contribution in [0, 0.1) is 11.6 Å². The molecule has 0 atom stereocenters. The minimum atomic E-state index is -4.18. The summed E-state index contributed by atoms with van der Waals surface area (Å²) < 4.78 is 60.4. The fourth-order valence-corrected chi connectivity index (χ4v) is 4.36. The van der Waals surface area contributed by atoms with E-state index in [9.17, 15) is 26.8 Å². The van der Waals surface area contributed by atoms with Crippen molar-refractivity contribution in [2.45, 2.75) is 37.7 Å². The Morgan fingerprint density at radius 2 is 1.68 bits per heavy atom. The van der Waals surface area contributed by atoms with Crippen molar-refractivity contribution in [2.75, 3.05) is 17.8 Å². The first-order valence-electron chi connectivity index (χ1n) is 10.3. The van der Waals surface area contributed by atoms with Gasteiger partial charge in [-0.2, -0.15) is 0 Å². The molecule has 0 fully saturated rings. The molecule has 2 N–H and O–H groups in total. The predicted molar refractivity (Wildman–Crippen MR) is 121 cm³/mol. The van der Waals surface area contributed by atoms with Crippen molar-refractivity contribution in [2.24, 2.45) is 0 Å². The van der Waals surface area contributed by atoms with Crippen molar-refractivity contribution >= 4 is 33.3 Å². The van der Waals surface area contributed by atoms with Gasteiger partial charge in [0, 0.05) is 13.1 Å². The first-order valence-corrected chi connectivity index (χ1v) is 11.8. The number of carboxylic acid groups (broad SMARTS) is 1. The molecule has 34 heavy (non-hydrogen) atoms. The molecule has 0 saturated carbocycles. The monoisotopic (exact) mass is 494 g/mol. The van der Waals surface area contributed by atoms with E-state index in [2.05, 4.69) is 0 Å². The van der Waals surface area contributed by atoms with E-state index in [-0.39, 0.29) is 4.90 Å². The van der Waals surface area contributed by atoms with E-state index in [0.717, 1.165) is 11.1 Å². The Morgan fingerprint density at radius 1 is 1.09 bits per heavy atom. The molecule has 0 bridgehead atoms. The quantitative estimate of drug-likeness (QED) is 0.633. The van der Waals surface area contributed by atoms with Gasteiger partial charge in [0.05, 0.1) is 10.6 Å². The molecule has 2 aromatic carbocycles. The van der Waals surface area contributed by atoms with Crippen molar-refractivity contribution in [3.63, 3.8) is 0 Å². The number of halogens is 2. The molecule has 1 heterocycles. The number of nitrogens with zero attached hydrogens (tertiary/aromatic N) is 1. The Labute approximate surface area is 195 Å². The number of amides is 1. The molecule has 1 aliphatic heterocycles. The third kappa shape index (κ3) is 5.90. The highest BCUT2D eigenvalue weighted by atomic mass is 32.2. The summed E-state index contributed by atoms with van der Waals surface area (Å²) in [6.07, 6.45) is 2.02. The number of anilines is 1. The number of aromatic carboxylic acids is 1. The molecular weight excluding hydrogens is 470 g/mol. The highest BCUT2D eigenvalue weighted by Gasteiger charge is 2.24. The van der Waals surface area contributed by atoms with E-state index in [1.54, 1.807) is 37.8 Å². The van der Waals surface area contributed by atoms with Gasteiger partial charge in [0.15, 0.2) is 0 Å². The van der Waals surface area contributed by atoms with Crippen molar-refractivity contribution in [3.8, 4) is 0 Å². The van der Waals surface area contributed by atoms with Gasteiger partial charge in [-0.1, -0.05) is 18.2 Å². The standard InChI is InChI=1S/C23H24F2N2O6S/c1-23(2,3)33-22(30)27-10-8-15(9-11-27)14-4-6-17(7-5-14)34(31,32)26-16-12-18(24)20(21(28)29)19(25)13-16/h4-8,12-13,26H,9-11H2,1-3H3,(H,28,29). The Hall–Kier alpha value is -3.47. The van der Waals surface area contributed by atoms with Crippen LogP contribution in [0.5, 0.6) is 0 Å². The zero-order valence-corrected chi connectivity index (χ0v) is 19.6. The van der Waals surface area contributed by atoms with Gasteiger partial charge in [-0.3, -0.25) is 4.72 Å². The number of carbonyl (C=O) groups excluding carboxylic acids is 1. The average molecular weight is 495 g/mol. The lowest BCUT2D eigenvalue weighted by Crippen LogP contribution is -2.39. The summed E-state index contributed by atoms with van der Waals surface area (Å²) in [6.45, 7) is 6.18. The van der Waals surface area contributed by atoms with Crippen LogP contribution in [0.3, 0.4) is 0 Å². The Kier molecular flexibility index (Phi) is 6.97. The van der Waals surface area contributed by atoms with E-state index in [4.69, 9.17) is 9.84 Å². The van der Waals surface area contributed by atoms with Crippen LogP contribution in [0.15, 0.2) is 47.4 Å². The summed E-state index contributed by atoms with van der Waals surface area (Å²) in [5, 5.41) is 8.82. The maximum absolute atomic E-state index is 13.9. The lowest BCUT2D eigenvalue weighted by Gasteiger charge is -2.29. The second-order valence-corrected chi connectivity index (χ2v) is 10.3. The largest absolute Gasteiger partial charge is 0.477 e. The van der Waals surface area contributed by atoms with Gasteiger partial charge in [-0.25, -0.2) is 26.8 Å². The number of rotatable bonds is 5. The number of carboxylic acids is 1.